The maximum absolute atomic E-state index is 12.8. The van der Waals surface area contributed by atoms with Crippen LogP contribution >= 0.6 is 11.3 Å². The van der Waals surface area contributed by atoms with Crippen LogP contribution in [0, 0.1) is 0 Å². The molecule has 5 rings (SSSR count). The van der Waals surface area contributed by atoms with Crippen molar-refractivity contribution >= 4 is 17.2 Å². The quantitative estimate of drug-likeness (QED) is 0.667. The molecule has 3 aromatic heterocycles. The lowest BCUT2D eigenvalue weighted by molar-refractivity contribution is -0.0927. The van der Waals surface area contributed by atoms with E-state index in [1.807, 2.05) is 11.9 Å². The third-order valence-corrected chi connectivity index (χ3v) is 6.91. The largest absolute Gasteiger partial charge is 0.370 e. The van der Waals surface area contributed by atoms with E-state index >= 15 is 0 Å². The van der Waals surface area contributed by atoms with Gasteiger partial charge in [0.2, 0.25) is 0 Å². The molecule has 0 radical (unpaired) electrons. The molecule has 0 N–H and O–H groups in total. The second-order valence-electron chi connectivity index (χ2n) is 7.28. The molecule has 0 unspecified atom stereocenters. The Labute approximate surface area is 167 Å². The molecule has 1 spiro atoms. The number of imidazole rings is 1. The Morgan fingerprint density at radius 1 is 1.21 bits per heavy atom. The second kappa shape index (κ2) is 6.79. The highest BCUT2D eigenvalue weighted by Gasteiger charge is 2.43. The summed E-state index contributed by atoms with van der Waals surface area (Å²) in [5, 5.41) is 0. The molecule has 7 nitrogen and oxygen atoms in total. The van der Waals surface area contributed by atoms with Gasteiger partial charge in [-0.15, -0.1) is 11.3 Å². The van der Waals surface area contributed by atoms with Crippen molar-refractivity contribution < 1.29 is 9.53 Å². The average Bonchev–Trinajstić information content (AvgIpc) is 3.36. The SMILES string of the molecule is Cn1ccnc1C(=O)N1CCC2(CC1)OCCc1sc(-c3cnccn3)cc12. The van der Waals surface area contributed by atoms with Crippen molar-refractivity contribution in [2.75, 3.05) is 19.7 Å². The number of aryl methyl sites for hydroxylation is 1. The van der Waals surface area contributed by atoms with Crippen LogP contribution in [0.3, 0.4) is 0 Å². The zero-order valence-electron chi connectivity index (χ0n) is 15.7. The number of aromatic nitrogens is 4. The smallest absolute Gasteiger partial charge is 0.289 e. The van der Waals surface area contributed by atoms with Crippen LogP contribution in [-0.4, -0.2) is 50.0 Å². The number of nitrogens with zero attached hydrogens (tertiary/aromatic N) is 5. The van der Waals surface area contributed by atoms with Crippen LogP contribution in [0.5, 0.6) is 0 Å². The molecule has 1 saturated heterocycles. The fourth-order valence-corrected chi connectivity index (χ4v) is 5.36. The van der Waals surface area contributed by atoms with Gasteiger partial charge in [-0.05, 0) is 24.5 Å². The molecule has 1 amide bonds. The Hall–Kier alpha value is -2.58. The van der Waals surface area contributed by atoms with E-state index in [-0.39, 0.29) is 11.5 Å². The number of fused-ring (bicyclic) bond motifs is 2. The van der Waals surface area contributed by atoms with Crippen LogP contribution in [0.15, 0.2) is 37.1 Å². The van der Waals surface area contributed by atoms with E-state index in [0.717, 1.165) is 36.4 Å². The van der Waals surface area contributed by atoms with Gasteiger partial charge in [0.1, 0.15) is 0 Å². The average molecular weight is 395 g/mol. The molecule has 0 bridgehead atoms. The van der Waals surface area contributed by atoms with Crippen LogP contribution in [0.4, 0.5) is 0 Å². The number of carbonyl (C=O) groups is 1. The molecule has 0 atom stereocenters. The van der Waals surface area contributed by atoms with Crippen molar-refractivity contribution in [2.24, 2.45) is 7.05 Å². The van der Waals surface area contributed by atoms with Crippen LogP contribution in [-0.2, 0) is 23.8 Å². The Morgan fingerprint density at radius 2 is 2.07 bits per heavy atom. The van der Waals surface area contributed by atoms with Gasteiger partial charge in [-0.3, -0.25) is 14.8 Å². The molecular formula is C20H21N5O2S. The molecule has 28 heavy (non-hydrogen) atoms. The first kappa shape index (κ1) is 17.5. The van der Waals surface area contributed by atoms with E-state index in [4.69, 9.17) is 4.74 Å². The van der Waals surface area contributed by atoms with Crippen LogP contribution in [0.1, 0.15) is 33.9 Å². The Kier molecular flexibility index (Phi) is 4.25. The van der Waals surface area contributed by atoms with Crippen molar-refractivity contribution in [3.8, 4) is 10.6 Å². The van der Waals surface area contributed by atoms with Crippen molar-refractivity contribution in [3.05, 3.63) is 53.3 Å². The maximum atomic E-state index is 12.8. The number of thiophene rings is 1. The summed E-state index contributed by atoms with van der Waals surface area (Å²) in [7, 11) is 1.85. The zero-order chi connectivity index (χ0) is 19.1. The minimum Gasteiger partial charge on any atom is -0.370 e. The molecule has 1 fully saturated rings. The van der Waals surface area contributed by atoms with Gasteiger partial charge in [0.05, 0.1) is 29.0 Å². The molecule has 0 aliphatic carbocycles. The zero-order valence-corrected chi connectivity index (χ0v) is 16.5. The molecule has 2 aliphatic heterocycles. The third-order valence-electron chi connectivity index (χ3n) is 5.69. The molecule has 8 heteroatoms. The molecule has 144 valence electrons. The summed E-state index contributed by atoms with van der Waals surface area (Å²) in [6.45, 7) is 2.06. The minimum atomic E-state index is -0.303. The van der Waals surface area contributed by atoms with Crippen LogP contribution < -0.4 is 0 Å². The fourth-order valence-electron chi connectivity index (χ4n) is 4.17. The van der Waals surface area contributed by atoms with Crippen molar-refractivity contribution in [1.29, 1.82) is 0 Å². The lowest BCUT2D eigenvalue weighted by Gasteiger charge is -2.43. The third kappa shape index (κ3) is 2.84. The number of ether oxygens (including phenoxy) is 1. The van der Waals surface area contributed by atoms with E-state index in [0.29, 0.717) is 18.9 Å². The lowest BCUT2D eigenvalue weighted by atomic mass is 9.82. The van der Waals surface area contributed by atoms with Gasteiger partial charge in [0, 0.05) is 56.2 Å². The van der Waals surface area contributed by atoms with Gasteiger partial charge in [-0.25, -0.2) is 4.98 Å². The van der Waals surface area contributed by atoms with Gasteiger partial charge in [-0.1, -0.05) is 0 Å². The van der Waals surface area contributed by atoms with Crippen molar-refractivity contribution in [3.63, 3.8) is 0 Å². The minimum absolute atomic E-state index is 0.0102. The molecule has 5 heterocycles. The van der Waals surface area contributed by atoms with E-state index < -0.39 is 0 Å². The van der Waals surface area contributed by atoms with E-state index in [2.05, 4.69) is 21.0 Å². The summed E-state index contributed by atoms with van der Waals surface area (Å²) in [5.74, 6) is 0.477. The number of hydrogen-bond donors (Lipinski definition) is 0. The van der Waals surface area contributed by atoms with E-state index in [9.17, 15) is 4.79 Å². The highest BCUT2D eigenvalue weighted by atomic mass is 32.1. The first-order valence-electron chi connectivity index (χ1n) is 9.46. The van der Waals surface area contributed by atoms with Crippen molar-refractivity contribution in [1.82, 2.24) is 24.4 Å². The summed E-state index contributed by atoms with van der Waals surface area (Å²) in [6.07, 6.45) is 11.2. The first-order valence-corrected chi connectivity index (χ1v) is 10.3. The maximum Gasteiger partial charge on any atom is 0.289 e. The van der Waals surface area contributed by atoms with Crippen LogP contribution in [0.25, 0.3) is 10.6 Å². The Balaban J connectivity index is 1.39. The highest BCUT2D eigenvalue weighted by Crippen LogP contribution is 2.46. The van der Waals surface area contributed by atoms with Gasteiger partial charge < -0.3 is 14.2 Å². The molecular weight excluding hydrogens is 374 g/mol. The fraction of sp³-hybridized carbons (Fsp3) is 0.400. The summed E-state index contributed by atoms with van der Waals surface area (Å²) in [4.78, 5) is 30.0. The van der Waals surface area contributed by atoms with Gasteiger partial charge in [0.25, 0.3) is 5.91 Å². The van der Waals surface area contributed by atoms with Gasteiger partial charge in [-0.2, -0.15) is 0 Å². The Morgan fingerprint density at radius 3 is 2.79 bits per heavy atom. The van der Waals surface area contributed by atoms with E-state index in [1.54, 1.807) is 46.9 Å². The number of piperidine rings is 1. The molecule has 0 aromatic carbocycles. The topological polar surface area (TPSA) is 73.1 Å². The normalized spacial score (nSPS) is 18.2. The number of amides is 1. The molecule has 2 aliphatic rings. The summed E-state index contributed by atoms with van der Waals surface area (Å²) < 4.78 is 8.11. The Bertz CT molecular complexity index is 1000. The highest BCUT2D eigenvalue weighted by molar-refractivity contribution is 7.15. The predicted octanol–water partition coefficient (Wildman–Crippen LogP) is 2.64. The van der Waals surface area contributed by atoms with Crippen LogP contribution in [0.2, 0.25) is 0 Å². The summed E-state index contributed by atoms with van der Waals surface area (Å²) in [6, 6.07) is 2.22. The first-order chi connectivity index (χ1) is 13.7. The summed E-state index contributed by atoms with van der Waals surface area (Å²) in [5.41, 5.74) is 1.87. The molecule has 0 saturated carbocycles. The van der Waals surface area contributed by atoms with Gasteiger partial charge >= 0.3 is 0 Å². The number of rotatable bonds is 2. The van der Waals surface area contributed by atoms with E-state index in [1.165, 1.54) is 10.4 Å². The van der Waals surface area contributed by atoms with Crippen molar-refractivity contribution in [2.45, 2.75) is 24.9 Å². The second-order valence-corrected chi connectivity index (χ2v) is 8.42. The number of hydrogen-bond acceptors (Lipinski definition) is 6. The predicted molar refractivity (Wildman–Crippen MR) is 105 cm³/mol. The molecule has 3 aromatic rings. The van der Waals surface area contributed by atoms with Gasteiger partial charge in [0.15, 0.2) is 5.82 Å². The number of carbonyl (C=O) groups excluding carboxylic acids is 1. The standard InChI is InChI=1S/C20H21N5O2S/c1-24-10-7-23-18(24)19(26)25-8-3-20(4-9-25)14-12-17(15-13-21-5-6-22-15)28-16(14)2-11-27-20/h5-7,10,12-13H,2-4,8-9,11H2,1H3. The number of likely N-dealkylation sites (tertiary alicyclic amines) is 1. The lowest BCUT2D eigenvalue weighted by Crippen LogP contribution is -2.48. The summed E-state index contributed by atoms with van der Waals surface area (Å²) >= 11 is 1.79. The monoisotopic (exact) mass is 395 g/mol.